The van der Waals surface area contributed by atoms with E-state index >= 15 is 0 Å². The fourth-order valence-corrected chi connectivity index (χ4v) is 4.46. The van der Waals surface area contributed by atoms with E-state index in [1.54, 1.807) is 6.20 Å². The number of hydrogen-bond donors (Lipinski definition) is 1. The van der Waals surface area contributed by atoms with E-state index in [0.717, 1.165) is 63.5 Å². The van der Waals surface area contributed by atoms with E-state index in [9.17, 15) is 4.79 Å². The zero-order valence-corrected chi connectivity index (χ0v) is 17.1. The molecule has 4 heterocycles. The third-order valence-electron chi connectivity index (χ3n) is 6.18. The van der Waals surface area contributed by atoms with Gasteiger partial charge in [0.05, 0.1) is 0 Å². The van der Waals surface area contributed by atoms with Gasteiger partial charge in [-0.25, -0.2) is 4.98 Å². The molecule has 1 aromatic rings. The molecule has 0 aliphatic carbocycles. The fourth-order valence-electron chi connectivity index (χ4n) is 4.46. The van der Waals surface area contributed by atoms with E-state index in [1.165, 1.54) is 12.8 Å². The Hall–Kier alpha value is -1.04. The molecule has 1 spiro atoms. The van der Waals surface area contributed by atoms with Crippen molar-refractivity contribution in [1.29, 1.82) is 0 Å². The first-order chi connectivity index (χ1) is 11.7. The minimum Gasteiger partial charge on any atom is -0.356 e. The number of carbonyl (C=O) groups excluding carboxylic acids is 1. The van der Waals surface area contributed by atoms with Gasteiger partial charge in [-0.2, -0.15) is 0 Å². The lowest BCUT2D eigenvalue weighted by Crippen LogP contribution is -2.44. The third-order valence-corrected chi connectivity index (χ3v) is 6.18. The Kier molecular flexibility index (Phi) is 7.17. The van der Waals surface area contributed by atoms with Gasteiger partial charge < -0.3 is 15.1 Å². The molecule has 5 nitrogen and oxygen atoms in total. The number of pyridine rings is 1. The smallest absolute Gasteiger partial charge is 0.254 e. The number of likely N-dealkylation sites (tertiary alicyclic amines) is 1. The number of piperidine rings is 1. The summed E-state index contributed by atoms with van der Waals surface area (Å²) in [5.74, 6) is 1.84. The van der Waals surface area contributed by atoms with Gasteiger partial charge in [0.25, 0.3) is 5.91 Å². The molecule has 3 saturated heterocycles. The Balaban J connectivity index is 0.00000121. The number of aromatic nitrogens is 1. The molecule has 3 aliphatic rings. The predicted molar refractivity (Wildman–Crippen MR) is 110 cm³/mol. The normalized spacial score (nSPS) is 24.3. The highest BCUT2D eigenvalue weighted by molar-refractivity contribution is 5.95. The van der Waals surface area contributed by atoms with Gasteiger partial charge in [0.2, 0.25) is 0 Å². The van der Waals surface area contributed by atoms with Crippen molar-refractivity contribution in [1.82, 2.24) is 15.2 Å². The maximum absolute atomic E-state index is 12.9. The molecule has 26 heavy (non-hydrogen) atoms. The van der Waals surface area contributed by atoms with Gasteiger partial charge in [0, 0.05) is 44.5 Å². The molecule has 1 amide bonds. The number of rotatable bonds is 2. The van der Waals surface area contributed by atoms with Gasteiger partial charge in [-0.05, 0) is 55.7 Å². The van der Waals surface area contributed by atoms with Crippen LogP contribution in [0.2, 0.25) is 0 Å². The average Bonchev–Trinajstić information content (AvgIpc) is 3.25. The number of amides is 1. The molecule has 1 N–H and O–H groups in total. The van der Waals surface area contributed by atoms with E-state index in [1.807, 2.05) is 17.0 Å². The van der Waals surface area contributed by atoms with Crippen LogP contribution in [0.3, 0.4) is 0 Å². The molecule has 146 valence electrons. The molecule has 0 bridgehead atoms. The van der Waals surface area contributed by atoms with Crippen molar-refractivity contribution < 1.29 is 4.79 Å². The predicted octanol–water partition coefficient (Wildman–Crippen LogP) is 2.99. The molecule has 3 fully saturated rings. The quantitative estimate of drug-likeness (QED) is 0.828. The molecule has 0 aromatic carbocycles. The van der Waals surface area contributed by atoms with E-state index in [0.29, 0.717) is 11.3 Å². The van der Waals surface area contributed by atoms with Crippen LogP contribution in [0.4, 0.5) is 5.82 Å². The first-order valence-electron chi connectivity index (χ1n) is 9.36. The maximum atomic E-state index is 12.9. The molecule has 4 rings (SSSR count). The Morgan fingerprint density at radius 2 is 2.00 bits per heavy atom. The van der Waals surface area contributed by atoms with Crippen molar-refractivity contribution in [2.24, 2.45) is 11.3 Å². The molecule has 7 heteroatoms. The maximum Gasteiger partial charge on any atom is 0.254 e. The van der Waals surface area contributed by atoms with Crippen LogP contribution in [0.15, 0.2) is 18.3 Å². The minimum absolute atomic E-state index is 0. The van der Waals surface area contributed by atoms with Gasteiger partial charge in [-0.3, -0.25) is 4.79 Å². The number of anilines is 1. The van der Waals surface area contributed by atoms with E-state index < -0.39 is 0 Å². The minimum atomic E-state index is 0. The van der Waals surface area contributed by atoms with Crippen LogP contribution in [-0.2, 0) is 0 Å². The van der Waals surface area contributed by atoms with Crippen molar-refractivity contribution in [2.45, 2.75) is 32.6 Å². The van der Waals surface area contributed by atoms with Crippen LogP contribution in [0, 0.1) is 11.3 Å². The van der Waals surface area contributed by atoms with Crippen molar-refractivity contribution >= 4 is 36.5 Å². The summed E-state index contributed by atoms with van der Waals surface area (Å²) in [6.07, 6.45) is 6.53. The number of nitrogens with zero attached hydrogens (tertiary/aromatic N) is 3. The molecular weight excluding hydrogens is 371 g/mol. The van der Waals surface area contributed by atoms with Crippen LogP contribution in [0.5, 0.6) is 0 Å². The Labute approximate surface area is 168 Å². The highest BCUT2D eigenvalue weighted by Gasteiger charge is 2.38. The summed E-state index contributed by atoms with van der Waals surface area (Å²) >= 11 is 0. The topological polar surface area (TPSA) is 48.5 Å². The molecule has 1 aromatic heterocycles. The van der Waals surface area contributed by atoms with Crippen LogP contribution in [0.1, 0.15) is 43.0 Å². The van der Waals surface area contributed by atoms with Gasteiger partial charge in [0.1, 0.15) is 5.82 Å². The SMILES string of the molecule is CC1CCN(c2cc(C(=O)N3CCC4(CCNC4)CC3)ccn2)C1.Cl.Cl. The average molecular weight is 401 g/mol. The lowest BCUT2D eigenvalue weighted by atomic mass is 9.78. The lowest BCUT2D eigenvalue weighted by Gasteiger charge is -2.39. The number of hydrogen-bond acceptors (Lipinski definition) is 4. The number of halogens is 2. The van der Waals surface area contributed by atoms with E-state index in [2.05, 4.69) is 22.1 Å². The first kappa shape index (κ1) is 21.3. The van der Waals surface area contributed by atoms with Crippen molar-refractivity contribution in [3.8, 4) is 0 Å². The van der Waals surface area contributed by atoms with Crippen LogP contribution < -0.4 is 10.2 Å². The van der Waals surface area contributed by atoms with E-state index in [4.69, 9.17) is 0 Å². The highest BCUT2D eigenvalue weighted by Crippen LogP contribution is 2.37. The number of nitrogens with one attached hydrogen (secondary N) is 1. The second kappa shape index (κ2) is 8.77. The summed E-state index contributed by atoms with van der Waals surface area (Å²) in [7, 11) is 0. The van der Waals surface area contributed by atoms with Gasteiger partial charge in [0.15, 0.2) is 0 Å². The zero-order valence-electron chi connectivity index (χ0n) is 15.4. The Morgan fingerprint density at radius 1 is 1.23 bits per heavy atom. The second-order valence-corrected chi connectivity index (χ2v) is 7.96. The Morgan fingerprint density at radius 3 is 2.62 bits per heavy atom. The van der Waals surface area contributed by atoms with Gasteiger partial charge in [-0.1, -0.05) is 6.92 Å². The molecule has 0 saturated carbocycles. The summed E-state index contributed by atoms with van der Waals surface area (Å²) in [5, 5.41) is 3.48. The van der Waals surface area contributed by atoms with Gasteiger partial charge >= 0.3 is 0 Å². The van der Waals surface area contributed by atoms with Crippen LogP contribution >= 0.6 is 24.8 Å². The zero-order chi connectivity index (χ0) is 16.6. The van der Waals surface area contributed by atoms with Crippen LogP contribution in [-0.4, -0.2) is 55.1 Å². The van der Waals surface area contributed by atoms with E-state index in [-0.39, 0.29) is 30.7 Å². The summed E-state index contributed by atoms with van der Waals surface area (Å²) < 4.78 is 0. The highest BCUT2D eigenvalue weighted by atomic mass is 35.5. The Bertz CT molecular complexity index is 611. The first-order valence-corrected chi connectivity index (χ1v) is 9.36. The third kappa shape index (κ3) is 4.26. The van der Waals surface area contributed by atoms with Crippen molar-refractivity contribution in [3.05, 3.63) is 23.9 Å². The van der Waals surface area contributed by atoms with Crippen molar-refractivity contribution in [3.63, 3.8) is 0 Å². The summed E-state index contributed by atoms with van der Waals surface area (Å²) in [4.78, 5) is 21.7. The lowest BCUT2D eigenvalue weighted by molar-refractivity contribution is 0.0607. The standard InChI is InChI=1S/C19H28N4O.2ClH/c1-15-3-9-23(13-15)17-12-16(2-7-21-17)18(24)22-10-5-19(6-11-22)4-8-20-14-19;;/h2,7,12,15,20H,3-6,8-11,13-14H2,1H3;2*1H. The molecule has 3 aliphatic heterocycles. The summed E-state index contributed by atoms with van der Waals surface area (Å²) in [5.41, 5.74) is 1.24. The largest absolute Gasteiger partial charge is 0.356 e. The fraction of sp³-hybridized carbons (Fsp3) is 0.684. The van der Waals surface area contributed by atoms with Crippen LogP contribution in [0.25, 0.3) is 0 Å². The molecular formula is C19H30Cl2N4O. The second-order valence-electron chi connectivity index (χ2n) is 7.96. The van der Waals surface area contributed by atoms with Crippen molar-refractivity contribution in [2.75, 3.05) is 44.2 Å². The molecule has 0 radical (unpaired) electrons. The monoisotopic (exact) mass is 400 g/mol. The van der Waals surface area contributed by atoms with Gasteiger partial charge in [-0.15, -0.1) is 24.8 Å². The summed E-state index contributed by atoms with van der Waals surface area (Å²) in [6, 6.07) is 3.86. The number of carbonyl (C=O) groups is 1. The molecule has 1 unspecified atom stereocenters. The molecule has 1 atom stereocenters. The summed E-state index contributed by atoms with van der Waals surface area (Å²) in [6.45, 7) is 8.40.